The van der Waals surface area contributed by atoms with Gasteiger partial charge in [-0.1, -0.05) is 54.0 Å². The van der Waals surface area contributed by atoms with Gasteiger partial charge in [0.1, 0.15) is 28.7 Å². The maximum atomic E-state index is 13.9. The van der Waals surface area contributed by atoms with E-state index in [1.54, 1.807) is 39.6 Å². The molecule has 1 aliphatic carbocycles. The molecule has 2 saturated heterocycles. The van der Waals surface area contributed by atoms with Gasteiger partial charge in [0.15, 0.2) is 0 Å². The molecule has 5 rings (SSSR count). The van der Waals surface area contributed by atoms with Gasteiger partial charge < -0.3 is 20.9 Å². The highest BCUT2D eigenvalue weighted by atomic mass is 33.1. The molecule has 1 aromatic heterocycles. The van der Waals surface area contributed by atoms with Gasteiger partial charge in [0.05, 0.1) is 0 Å². The molecule has 4 amide bonds. The van der Waals surface area contributed by atoms with E-state index >= 15 is 0 Å². The molecule has 11 heteroatoms. The Balaban J connectivity index is 1.30. The number of fused-ring (bicyclic) bond motifs is 3. The maximum absolute atomic E-state index is 13.9. The van der Waals surface area contributed by atoms with Gasteiger partial charge in [0, 0.05) is 18.5 Å². The molecule has 2 fully saturated rings. The van der Waals surface area contributed by atoms with Crippen LogP contribution in [-0.2, 0) is 31.1 Å². The smallest absolute Gasteiger partial charge is 0.251 e. The summed E-state index contributed by atoms with van der Waals surface area (Å²) in [7, 11) is 3.40. The molecule has 0 radical (unpaired) electrons. The number of carbonyl (C=O) groups is 4. The molecule has 3 aliphatic rings. The predicted octanol–water partition coefficient (Wildman–Crippen LogP) is 3.33. The lowest BCUT2D eigenvalue weighted by Gasteiger charge is -2.36. The van der Waals surface area contributed by atoms with E-state index in [2.05, 4.69) is 20.9 Å². The van der Waals surface area contributed by atoms with Crippen molar-refractivity contribution < 1.29 is 19.2 Å². The Labute approximate surface area is 248 Å². The third-order valence-electron chi connectivity index (χ3n) is 8.16. The standard InChI is InChI=1S/C30H37N5O4S2/c1-20-28(38)35-18-9-13-24(35)27(37)33-23(12-3-2-8-19-40-41-25-14-6-7-17-31-25)26(36)34-30(29(39)32-20)16-15-21-10-4-5-11-22(21)30/h4-7,10-11,14,17,20,23-24H,2-3,8-9,12-13,15-16,18-19H2,1H3,(H,32,39)(H,33,37)(H,34,36)/t20-,23-,24+,30+/m0/s1. The molecule has 0 saturated carbocycles. The number of carbonyl (C=O) groups excluding carboxylic acids is 4. The van der Waals surface area contributed by atoms with Crippen LogP contribution >= 0.6 is 21.6 Å². The Kier molecular flexibility index (Phi) is 9.54. The van der Waals surface area contributed by atoms with Gasteiger partial charge in [-0.2, -0.15) is 0 Å². The van der Waals surface area contributed by atoms with Crippen molar-refractivity contribution in [3.05, 3.63) is 59.8 Å². The van der Waals surface area contributed by atoms with Gasteiger partial charge in [-0.3, -0.25) is 19.2 Å². The second-order valence-corrected chi connectivity index (χ2v) is 13.4. The van der Waals surface area contributed by atoms with Crippen molar-refractivity contribution in [3.63, 3.8) is 0 Å². The van der Waals surface area contributed by atoms with E-state index in [0.29, 0.717) is 38.6 Å². The molecule has 9 nitrogen and oxygen atoms in total. The Bertz CT molecular complexity index is 1280. The zero-order valence-corrected chi connectivity index (χ0v) is 24.9. The van der Waals surface area contributed by atoms with Crippen molar-refractivity contribution in [1.29, 1.82) is 0 Å². The zero-order chi connectivity index (χ0) is 28.8. The molecule has 41 heavy (non-hydrogen) atoms. The molecule has 1 spiro atoms. The molecule has 3 heterocycles. The molecular formula is C30H37N5O4S2. The van der Waals surface area contributed by atoms with Gasteiger partial charge >= 0.3 is 0 Å². The Hall–Kier alpha value is -3.05. The lowest BCUT2D eigenvalue weighted by Crippen LogP contribution is -2.64. The summed E-state index contributed by atoms with van der Waals surface area (Å²) in [6, 6.07) is 11.2. The van der Waals surface area contributed by atoms with E-state index in [9.17, 15) is 19.2 Å². The number of unbranched alkanes of at least 4 members (excludes halogenated alkanes) is 2. The first-order valence-electron chi connectivity index (χ1n) is 14.4. The summed E-state index contributed by atoms with van der Waals surface area (Å²) in [6.07, 6.45) is 7.10. The Morgan fingerprint density at radius 3 is 2.66 bits per heavy atom. The van der Waals surface area contributed by atoms with Gasteiger partial charge in [-0.25, -0.2) is 4.98 Å². The first kappa shape index (κ1) is 29.4. The maximum Gasteiger partial charge on any atom is 0.251 e. The summed E-state index contributed by atoms with van der Waals surface area (Å²) >= 11 is 0. The van der Waals surface area contributed by atoms with Crippen LogP contribution < -0.4 is 16.0 Å². The SMILES string of the molecule is C[C@@H]1NC(=O)[C@]2(CCc3ccccc32)NC(=O)[C@H](CCCCCSSc2ccccn2)NC(=O)[C@H]2CCCN2C1=O. The lowest BCUT2D eigenvalue weighted by molar-refractivity contribution is -0.144. The summed E-state index contributed by atoms with van der Waals surface area (Å²) in [5, 5.41) is 9.88. The van der Waals surface area contributed by atoms with Gasteiger partial charge in [-0.15, -0.1) is 0 Å². The van der Waals surface area contributed by atoms with Crippen LogP contribution in [0.15, 0.2) is 53.7 Å². The molecule has 218 valence electrons. The molecule has 1 aromatic carbocycles. The van der Waals surface area contributed by atoms with Crippen molar-refractivity contribution in [1.82, 2.24) is 25.8 Å². The van der Waals surface area contributed by atoms with Crippen molar-refractivity contribution >= 4 is 45.2 Å². The van der Waals surface area contributed by atoms with Gasteiger partial charge in [0.2, 0.25) is 17.7 Å². The molecule has 4 atom stereocenters. The van der Waals surface area contributed by atoms with Crippen LogP contribution in [0.1, 0.15) is 63.0 Å². The van der Waals surface area contributed by atoms with Crippen LogP contribution in [0.4, 0.5) is 0 Å². The number of hydrogen-bond donors (Lipinski definition) is 3. The van der Waals surface area contributed by atoms with E-state index in [4.69, 9.17) is 0 Å². The third-order valence-corrected chi connectivity index (χ3v) is 10.5. The summed E-state index contributed by atoms with van der Waals surface area (Å²) in [4.78, 5) is 60.4. The Morgan fingerprint density at radius 1 is 1.00 bits per heavy atom. The minimum atomic E-state index is -1.30. The average Bonchev–Trinajstić information content (AvgIpc) is 3.62. The number of nitrogens with one attached hydrogen (secondary N) is 3. The van der Waals surface area contributed by atoms with Crippen LogP contribution in [0.25, 0.3) is 0 Å². The topological polar surface area (TPSA) is 120 Å². The normalized spacial score (nSPS) is 26.5. The summed E-state index contributed by atoms with van der Waals surface area (Å²) in [5.74, 6) is -0.392. The number of pyridine rings is 1. The first-order chi connectivity index (χ1) is 19.9. The van der Waals surface area contributed by atoms with Crippen LogP contribution in [0.5, 0.6) is 0 Å². The number of amides is 4. The highest BCUT2D eigenvalue weighted by Crippen LogP contribution is 2.38. The van der Waals surface area contributed by atoms with Crippen LogP contribution in [-0.4, -0.2) is 63.9 Å². The van der Waals surface area contributed by atoms with Crippen molar-refractivity contribution in [2.24, 2.45) is 0 Å². The number of rotatable bonds is 8. The average molecular weight is 596 g/mol. The highest BCUT2D eigenvalue weighted by molar-refractivity contribution is 8.76. The highest BCUT2D eigenvalue weighted by Gasteiger charge is 2.49. The lowest BCUT2D eigenvalue weighted by atomic mass is 9.89. The minimum Gasteiger partial charge on any atom is -0.343 e. The summed E-state index contributed by atoms with van der Waals surface area (Å²) in [5.41, 5.74) is 0.443. The monoisotopic (exact) mass is 595 g/mol. The van der Waals surface area contributed by atoms with Gasteiger partial charge in [0.25, 0.3) is 5.91 Å². The fourth-order valence-corrected chi connectivity index (χ4v) is 8.01. The second kappa shape index (κ2) is 13.3. The third kappa shape index (κ3) is 6.56. The van der Waals surface area contributed by atoms with Crippen molar-refractivity contribution in [2.75, 3.05) is 12.3 Å². The number of aromatic nitrogens is 1. The fourth-order valence-electron chi connectivity index (χ4n) is 5.99. The van der Waals surface area contributed by atoms with Crippen LogP contribution in [0.3, 0.4) is 0 Å². The van der Waals surface area contributed by atoms with E-state index in [0.717, 1.165) is 41.2 Å². The predicted molar refractivity (Wildman–Crippen MR) is 160 cm³/mol. The number of aryl methyl sites for hydroxylation is 1. The van der Waals surface area contributed by atoms with E-state index in [1.165, 1.54) is 0 Å². The summed E-state index contributed by atoms with van der Waals surface area (Å²) < 4.78 is 0. The quantitative estimate of drug-likeness (QED) is 0.316. The largest absolute Gasteiger partial charge is 0.343 e. The molecule has 0 unspecified atom stereocenters. The minimum absolute atomic E-state index is 0.276. The fraction of sp³-hybridized carbons (Fsp3) is 0.500. The molecule has 2 aromatic rings. The van der Waals surface area contributed by atoms with E-state index < -0.39 is 23.7 Å². The van der Waals surface area contributed by atoms with Crippen molar-refractivity contribution in [2.45, 2.75) is 87.0 Å². The number of benzene rings is 1. The van der Waals surface area contributed by atoms with Gasteiger partial charge in [-0.05, 0) is 79.5 Å². The number of hydrogen-bond acceptors (Lipinski definition) is 7. The second-order valence-electron chi connectivity index (χ2n) is 10.9. The first-order valence-corrected chi connectivity index (χ1v) is 16.7. The van der Waals surface area contributed by atoms with Crippen molar-refractivity contribution in [3.8, 4) is 0 Å². The van der Waals surface area contributed by atoms with Crippen LogP contribution in [0.2, 0.25) is 0 Å². The number of nitrogens with zero attached hydrogens (tertiary/aromatic N) is 2. The zero-order valence-electron chi connectivity index (χ0n) is 23.3. The molecule has 3 N–H and O–H groups in total. The van der Waals surface area contributed by atoms with E-state index in [-0.39, 0.29) is 23.6 Å². The summed E-state index contributed by atoms with van der Waals surface area (Å²) in [6.45, 7) is 2.10. The Morgan fingerprint density at radius 2 is 1.83 bits per heavy atom. The van der Waals surface area contributed by atoms with Crippen LogP contribution in [0, 0.1) is 0 Å². The van der Waals surface area contributed by atoms with E-state index in [1.807, 2.05) is 42.5 Å². The molecule has 2 aliphatic heterocycles. The molecular weight excluding hydrogens is 558 g/mol. The molecule has 0 bridgehead atoms.